The van der Waals surface area contributed by atoms with E-state index in [1.54, 1.807) is 0 Å². The first-order chi connectivity index (χ1) is 11.6. The molecule has 0 bridgehead atoms. The van der Waals surface area contributed by atoms with Crippen molar-refractivity contribution in [1.29, 1.82) is 0 Å². The summed E-state index contributed by atoms with van der Waals surface area (Å²) in [6.07, 6.45) is 0.614. The van der Waals surface area contributed by atoms with Crippen molar-refractivity contribution in [3.63, 3.8) is 0 Å². The van der Waals surface area contributed by atoms with Gasteiger partial charge >= 0.3 is 0 Å². The summed E-state index contributed by atoms with van der Waals surface area (Å²) < 4.78 is 11.1. The number of hydrogen-bond donors (Lipinski definition) is 1. The largest absolute Gasteiger partial charge is 0.493 e. The summed E-state index contributed by atoms with van der Waals surface area (Å²) in [5, 5.41) is 7.49. The van der Waals surface area contributed by atoms with Gasteiger partial charge in [0.25, 0.3) is 0 Å². The fourth-order valence-corrected chi connectivity index (χ4v) is 2.80. The molecule has 6 nitrogen and oxygen atoms in total. The van der Waals surface area contributed by atoms with Gasteiger partial charge in [-0.25, -0.2) is 0 Å². The van der Waals surface area contributed by atoms with E-state index in [2.05, 4.69) is 53.4 Å². The molecular formula is C18H26N4O2. The maximum absolute atomic E-state index is 5.77. The second-order valence-corrected chi connectivity index (χ2v) is 6.57. The highest BCUT2D eigenvalue weighted by molar-refractivity contribution is 5.28. The number of likely N-dealkylation sites (N-methyl/N-ethyl adjacent to an activating group) is 1. The molecule has 0 saturated carbocycles. The van der Waals surface area contributed by atoms with E-state index >= 15 is 0 Å². The fourth-order valence-electron chi connectivity index (χ4n) is 2.80. The van der Waals surface area contributed by atoms with Crippen LogP contribution in [0.2, 0.25) is 0 Å². The van der Waals surface area contributed by atoms with Crippen LogP contribution in [-0.2, 0) is 6.42 Å². The summed E-state index contributed by atoms with van der Waals surface area (Å²) in [6, 6.07) is 8.42. The average molecular weight is 330 g/mol. The van der Waals surface area contributed by atoms with Gasteiger partial charge in [0.15, 0.2) is 5.82 Å². The number of nitrogens with zero attached hydrogens (tertiary/aromatic N) is 3. The lowest BCUT2D eigenvalue weighted by molar-refractivity contribution is 0.190. The third kappa shape index (κ3) is 4.13. The van der Waals surface area contributed by atoms with Crippen molar-refractivity contribution in [2.24, 2.45) is 0 Å². The molecule has 2 heterocycles. The van der Waals surface area contributed by atoms with Crippen LogP contribution in [0.1, 0.15) is 43.1 Å². The number of nitrogens with one attached hydrogen (secondary N) is 1. The van der Waals surface area contributed by atoms with Crippen LogP contribution in [0.5, 0.6) is 5.75 Å². The molecule has 3 rings (SSSR count). The van der Waals surface area contributed by atoms with Crippen molar-refractivity contribution in [3.8, 4) is 5.75 Å². The summed E-state index contributed by atoms with van der Waals surface area (Å²) in [7, 11) is 2.09. The molecule has 1 unspecified atom stereocenters. The number of piperazine rings is 1. The van der Waals surface area contributed by atoms with E-state index in [-0.39, 0.29) is 6.04 Å². The van der Waals surface area contributed by atoms with E-state index < -0.39 is 0 Å². The van der Waals surface area contributed by atoms with Gasteiger partial charge in [0.05, 0.1) is 19.1 Å². The number of hydrogen-bond acceptors (Lipinski definition) is 6. The zero-order valence-corrected chi connectivity index (χ0v) is 14.7. The minimum Gasteiger partial charge on any atom is -0.493 e. The Morgan fingerprint density at radius 3 is 2.83 bits per heavy atom. The van der Waals surface area contributed by atoms with E-state index in [1.807, 2.05) is 12.1 Å². The first-order valence-electron chi connectivity index (χ1n) is 8.59. The van der Waals surface area contributed by atoms with Crippen LogP contribution in [0.25, 0.3) is 0 Å². The lowest BCUT2D eigenvalue weighted by Crippen LogP contribution is -2.44. The molecule has 0 spiro atoms. The Hall–Kier alpha value is -1.92. The van der Waals surface area contributed by atoms with Crippen molar-refractivity contribution in [1.82, 2.24) is 20.4 Å². The van der Waals surface area contributed by atoms with Crippen molar-refractivity contribution in [2.75, 3.05) is 33.3 Å². The Balaban J connectivity index is 1.50. The third-order valence-electron chi connectivity index (χ3n) is 4.42. The van der Waals surface area contributed by atoms with Gasteiger partial charge in [-0.2, -0.15) is 4.98 Å². The number of ether oxygens (including phenoxy) is 1. The summed E-state index contributed by atoms with van der Waals surface area (Å²) in [5.41, 5.74) is 1.31. The van der Waals surface area contributed by atoms with Crippen LogP contribution in [0.3, 0.4) is 0 Å². The second kappa shape index (κ2) is 7.77. The van der Waals surface area contributed by atoms with Gasteiger partial charge in [-0.1, -0.05) is 31.1 Å². The molecule has 2 aromatic rings. The molecule has 0 aliphatic carbocycles. The zero-order valence-electron chi connectivity index (χ0n) is 14.7. The van der Waals surface area contributed by atoms with Crippen molar-refractivity contribution in [2.45, 2.75) is 32.2 Å². The summed E-state index contributed by atoms with van der Waals surface area (Å²) in [5.74, 6) is 2.78. The van der Waals surface area contributed by atoms with Crippen LogP contribution in [0.4, 0.5) is 0 Å². The van der Waals surface area contributed by atoms with E-state index in [0.717, 1.165) is 31.2 Å². The van der Waals surface area contributed by atoms with E-state index in [9.17, 15) is 0 Å². The molecule has 1 aliphatic heterocycles. The fraction of sp³-hybridized carbons (Fsp3) is 0.556. The van der Waals surface area contributed by atoms with Gasteiger partial charge in [0, 0.05) is 19.6 Å². The molecule has 1 saturated heterocycles. The highest BCUT2D eigenvalue weighted by Crippen LogP contribution is 2.19. The van der Waals surface area contributed by atoms with E-state index in [0.29, 0.717) is 24.8 Å². The van der Waals surface area contributed by atoms with Gasteiger partial charge in [-0.05, 0) is 30.7 Å². The quantitative estimate of drug-likeness (QED) is 0.877. The molecule has 1 aromatic heterocycles. The first-order valence-corrected chi connectivity index (χ1v) is 8.59. The van der Waals surface area contributed by atoms with Crippen LogP contribution in [0, 0.1) is 0 Å². The Kier molecular flexibility index (Phi) is 5.48. The Bertz CT molecular complexity index is 639. The topological polar surface area (TPSA) is 63.4 Å². The van der Waals surface area contributed by atoms with Crippen molar-refractivity contribution >= 4 is 0 Å². The van der Waals surface area contributed by atoms with Crippen LogP contribution < -0.4 is 10.1 Å². The number of benzene rings is 1. The first kappa shape index (κ1) is 16.9. The molecule has 130 valence electrons. The monoisotopic (exact) mass is 330 g/mol. The third-order valence-corrected chi connectivity index (χ3v) is 4.42. The van der Waals surface area contributed by atoms with Gasteiger partial charge < -0.3 is 14.6 Å². The number of rotatable bonds is 6. The lowest BCUT2D eigenvalue weighted by Gasteiger charge is -2.30. The molecular weight excluding hydrogens is 304 g/mol. The van der Waals surface area contributed by atoms with Gasteiger partial charge in [-0.15, -0.1) is 0 Å². The van der Waals surface area contributed by atoms with Crippen LogP contribution in [-0.4, -0.2) is 48.3 Å². The molecule has 0 radical (unpaired) electrons. The van der Waals surface area contributed by atoms with Gasteiger partial charge in [0.1, 0.15) is 5.75 Å². The molecule has 1 aromatic carbocycles. The summed E-state index contributed by atoms with van der Waals surface area (Å²) in [4.78, 5) is 6.76. The second-order valence-electron chi connectivity index (χ2n) is 6.57. The molecule has 24 heavy (non-hydrogen) atoms. The summed E-state index contributed by atoms with van der Waals surface area (Å²) in [6.45, 7) is 7.74. The molecule has 1 aliphatic rings. The highest BCUT2D eigenvalue weighted by Gasteiger charge is 2.25. The molecule has 1 atom stereocenters. The van der Waals surface area contributed by atoms with Crippen molar-refractivity contribution < 1.29 is 9.26 Å². The molecule has 1 fully saturated rings. The molecule has 0 amide bonds. The smallest absolute Gasteiger partial charge is 0.230 e. The van der Waals surface area contributed by atoms with E-state index in [4.69, 9.17) is 9.26 Å². The van der Waals surface area contributed by atoms with Crippen LogP contribution in [0.15, 0.2) is 28.8 Å². The number of aromatic nitrogens is 2. The van der Waals surface area contributed by atoms with Crippen molar-refractivity contribution in [3.05, 3.63) is 41.5 Å². The highest BCUT2D eigenvalue weighted by atomic mass is 16.5. The maximum Gasteiger partial charge on any atom is 0.230 e. The predicted molar refractivity (Wildman–Crippen MR) is 92.3 cm³/mol. The normalized spacial score (nSPS) is 18.9. The van der Waals surface area contributed by atoms with Crippen LogP contribution >= 0.6 is 0 Å². The van der Waals surface area contributed by atoms with E-state index in [1.165, 1.54) is 5.56 Å². The summed E-state index contributed by atoms with van der Waals surface area (Å²) >= 11 is 0. The maximum atomic E-state index is 5.77. The Labute approximate surface area is 143 Å². The SMILES string of the molecule is CC(C)c1ccc(OCCc2nc(C3CNCCN3C)no2)cc1. The molecule has 1 N–H and O–H groups in total. The van der Waals surface area contributed by atoms with Gasteiger partial charge in [0.2, 0.25) is 5.89 Å². The molecule has 6 heteroatoms. The predicted octanol–water partition coefficient (Wildman–Crippen LogP) is 2.39. The lowest BCUT2D eigenvalue weighted by atomic mass is 10.0. The zero-order chi connectivity index (χ0) is 16.9. The Morgan fingerprint density at radius 2 is 2.12 bits per heavy atom. The average Bonchev–Trinajstić information content (AvgIpc) is 3.04. The Morgan fingerprint density at radius 1 is 1.33 bits per heavy atom. The van der Waals surface area contributed by atoms with Gasteiger partial charge in [-0.3, -0.25) is 4.90 Å². The minimum atomic E-state index is 0.181. The minimum absolute atomic E-state index is 0.181. The standard InChI is InChI=1S/C18H26N4O2/c1-13(2)14-4-6-15(7-5-14)23-11-8-17-20-18(21-24-17)16-12-19-9-10-22(16)3/h4-7,13,16,19H,8-12H2,1-3H3.